The SMILES string of the molecule is C/C=C/C[N+](C)(C)C.[Br-]. The van der Waals surface area contributed by atoms with Gasteiger partial charge in [0.15, 0.2) is 0 Å². The summed E-state index contributed by atoms with van der Waals surface area (Å²) in [6.07, 6.45) is 4.27. The highest BCUT2D eigenvalue weighted by molar-refractivity contribution is 4.75. The monoisotopic (exact) mass is 193 g/mol. The van der Waals surface area contributed by atoms with Gasteiger partial charge in [-0.25, -0.2) is 0 Å². The van der Waals surface area contributed by atoms with Crippen LogP contribution in [0.1, 0.15) is 6.92 Å². The van der Waals surface area contributed by atoms with E-state index in [1.807, 2.05) is 0 Å². The molecule has 0 unspecified atom stereocenters. The van der Waals surface area contributed by atoms with Crippen molar-refractivity contribution in [3.8, 4) is 0 Å². The van der Waals surface area contributed by atoms with Crippen LogP contribution in [0.15, 0.2) is 12.2 Å². The van der Waals surface area contributed by atoms with Crippen LogP contribution in [0.5, 0.6) is 0 Å². The fourth-order valence-electron chi connectivity index (χ4n) is 0.422. The molecular weight excluding hydrogens is 178 g/mol. The second kappa shape index (κ2) is 5.00. The number of hydrogen-bond acceptors (Lipinski definition) is 0. The molecule has 0 spiro atoms. The smallest absolute Gasteiger partial charge is 0.0967 e. The molecule has 0 saturated heterocycles. The predicted octanol–water partition coefficient (Wildman–Crippen LogP) is -1.73. The maximum absolute atomic E-state index is 2.18. The Hall–Kier alpha value is 0.180. The van der Waals surface area contributed by atoms with Crippen LogP contribution in [0.4, 0.5) is 0 Å². The fourth-order valence-corrected chi connectivity index (χ4v) is 0.422. The normalized spacial score (nSPS) is 11.6. The maximum Gasteiger partial charge on any atom is 0.0967 e. The summed E-state index contributed by atoms with van der Waals surface area (Å²) >= 11 is 0. The predicted molar refractivity (Wildman–Crippen MR) is 37.7 cm³/mol. The molecule has 0 saturated carbocycles. The Bertz CT molecular complexity index is 81.4. The maximum atomic E-state index is 2.18. The van der Waals surface area contributed by atoms with Gasteiger partial charge in [0, 0.05) is 0 Å². The molecule has 0 N–H and O–H groups in total. The summed E-state index contributed by atoms with van der Waals surface area (Å²) in [5, 5.41) is 0. The minimum atomic E-state index is 0. The van der Waals surface area contributed by atoms with E-state index in [1.54, 1.807) is 0 Å². The van der Waals surface area contributed by atoms with Crippen molar-refractivity contribution in [2.75, 3.05) is 27.7 Å². The van der Waals surface area contributed by atoms with E-state index in [0.717, 1.165) is 11.0 Å². The molecule has 56 valence electrons. The Morgan fingerprint density at radius 2 is 1.67 bits per heavy atom. The molecule has 2 heteroatoms. The summed E-state index contributed by atoms with van der Waals surface area (Å²) in [7, 11) is 6.54. The van der Waals surface area contributed by atoms with Crippen molar-refractivity contribution in [3.63, 3.8) is 0 Å². The lowest BCUT2D eigenvalue weighted by atomic mass is 10.4. The van der Waals surface area contributed by atoms with Gasteiger partial charge in [0.25, 0.3) is 0 Å². The number of rotatable bonds is 2. The Balaban J connectivity index is 0. The van der Waals surface area contributed by atoms with Crippen LogP contribution in [-0.4, -0.2) is 32.2 Å². The van der Waals surface area contributed by atoms with E-state index in [-0.39, 0.29) is 17.0 Å². The van der Waals surface area contributed by atoms with Crippen LogP contribution >= 0.6 is 0 Å². The van der Waals surface area contributed by atoms with E-state index >= 15 is 0 Å². The summed E-state index contributed by atoms with van der Waals surface area (Å²) in [5.74, 6) is 0. The molecule has 0 radical (unpaired) electrons. The first kappa shape index (κ1) is 11.9. The quantitative estimate of drug-likeness (QED) is 0.362. The van der Waals surface area contributed by atoms with E-state index in [2.05, 4.69) is 40.2 Å². The van der Waals surface area contributed by atoms with Gasteiger partial charge in [-0.3, -0.25) is 0 Å². The summed E-state index contributed by atoms with van der Waals surface area (Å²) < 4.78 is 1.02. The highest BCUT2D eigenvalue weighted by atomic mass is 79.9. The molecule has 0 aromatic rings. The second-order valence-corrected chi connectivity index (χ2v) is 3.04. The van der Waals surface area contributed by atoms with Gasteiger partial charge in [-0.1, -0.05) is 6.08 Å². The molecule has 9 heavy (non-hydrogen) atoms. The summed E-state index contributed by atoms with van der Waals surface area (Å²) in [4.78, 5) is 0. The lowest BCUT2D eigenvalue weighted by molar-refractivity contribution is -0.864. The van der Waals surface area contributed by atoms with Crippen LogP contribution in [-0.2, 0) is 0 Å². The first-order valence-electron chi connectivity index (χ1n) is 2.98. The Labute approximate surface area is 68.7 Å². The van der Waals surface area contributed by atoms with Crippen molar-refractivity contribution >= 4 is 0 Å². The van der Waals surface area contributed by atoms with Gasteiger partial charge in [-0.05, 0) is 13.0 Å². The van der Waals surface area contributed by atoms with Crippen molar-refractivity contribution in [1.29, 1.82) is 0 Å². The molecular formula is C7H16BrN. The average Bonchev–Trinajstić information content (AvgIpc) is 1.59. The molecule has 1 nitrogen and oxygen atoms in total. The fraction of sp³-hybridized carbons (Fsp3) is 0.714. The van der Waals surface area contributed by atoms with E-state index in [0.29, 0.717) is 0 Å². The highest BCUT2D eigenvalue weighted by Gasteiger charge is 2.00. The third kappa shape index (κ3) is 11.6. The molecule has 0 aliphatic heterocycles. The molecule has 0 aliphatic rings. The summed E-state index contributed by atoms with van der Waals surface area (Å²) in [6.45, 7) is 3.17. The van der Waals surface area contributed by atoms with Gasteiger partial charge in [0.2, 0.25) is 0 Å². The van der Waals surface area contributed by atoms with Crippen LogP contribution in [0.2, 0.25) is 0 Å². The standard InChI is InChI=1S/C7H16N.BrH/c1-5-6-7-8(2,3)4;/h5-6H,7H2,1-4H3;1H/q+1;/p-1/b6-5+;. The Kier molecular flexibility index (Phi) is 6.62. The third-order valence-electron chi connectivity index (χ3n) is 0.889. The number of allylic oxidation sites excluding steroid dienone is 1. The zero-order chi connectivity index (χ0) is 6.62. The topological polar surface area (TPSA) is 0 Å². The van der Waals surface area contributed by atoms with Crippen molar-refractivity contribution < 1.29 is 21.5 Å². The minimum Gasteiger partial charge on any atom is -1.00 e. The highest BCUT2D eigenvalue weighted by Crippen LogP contribution is 1.88. The zero-order valence-corrected chi connectivity index (χ0v) is 8.27. The Morgan fingerprint density at radius 1 is 1.22 bits per heavy atom. The van der Waals surface area contributed by atoms with E-state index in [9.17, 15) is 0 Å². The number of likely N-dealkylation sites (N-methyl/N-ethyl adjacent to an activating group) is 1. The van der Waals surface area contributed by atoms with Gasteiger partial charge < -0.3 is 21.5 Å². The molecule has 0 fully saturated rings. The minimum absolute atomic E-state index is 0. The molecule has 0 aliphatic carbocycles. The molecule has 0 atom stereocenters. The molecule has 0 bridgehead atoms. The molecule has 0 heterocycles. The van der Waals surface area contributed by atoms with Crippen LogP contribution in [0.25, 0.3) is 0 Å². The number of halogens is 1. The molecule has 0 amide bonds. The number of nitrogens with zero attached hydrogens (tertiary/aromatic N) is 1. The van der Waals surface area contributed by atoms with Crippen LogP contribution in [0.3, 0.4) is 0 Å². The number of hydrogen-bond donors (Lipinski definition) is 0. The molecule has 0 aromatic heterocycles. The van der Waals surface area contributed by atoms with Gasteiger partial charge in [-0.15, -0.1) is 0 Å². The Morgan fingerprint density at radius 3 is 1.78 bits per heavy atom. The lowest BCUT2D eigenvalue weighted by Gasteiger charge is -2.21. The summed E-state index contributed by atoms with van der Waals surface area (Å²) in [6, 6.07) is 0. The van der Waals surface area contributed by atoms with Crippen molar-refractivity contribution in [1.82, 2.24) is 0 Å². The van der Waals surface area contributed by atoms with Gasteiger partial charge in [0.1, 0.15) is 0 Å². The lowest BCUT2D eigenvalue weighted by Crippen LogP contribution is -3.00. The average molecular weight is 194 g/mol. The first-order chi connectivity index (χ1) is 3.56. The van der Waals surface area contributed by atoms with E-state index in [1.165, 1.54) is 0 Å². The van der Waals surface area contributed by atoms with E-state index in [4.69, 9.17) is 0 Å². The zero-order valence-electron chi connectivity index (χ0n) is 6.69. The van der Waals surface area contributed by atoms with Crippen molar-refractivity contribution in [3.05, 3.63) is 12.2 Å². The van der Waals surface area contributed by atoms with Crippen molar-refractivity contribution in [2.45, 2.75) is 6.92 Å². The molecule has 0 rings (SSSR count). The van der Waals surface area contributed by atoms with Crippen molar-refractivity contribution in [2.24, 2.45) is 0 Å². The summed E-state index contributed by atoms with van der Waals surface area (Å²) in [5.41, 5.74) is 0. The van der Waals surface area contributed by atoms with Crippen LogP contribution in [0, 0.1) is 0 Å². The largest absolute Gasteiger partial charge is 1.00 e. The van der Waals surface area contributed by atoms with Gasteiger partial charge in [0.05, 0.1) is 27.7 Å². The van der Waals surface area contributed by atoms with Gasteiger partial charge >= 0.3 is 0 Å². The van der Waals surface area contributed by atoms with Gasteiger partial charge in [-0.2, -0.15) is 0 Å². The number of quaternary nitrogens is 1. The second-order valence-electron chi connectivity index (χ2n) is 3.04. The van der Waals surface area contributed by atoms with E-state index < -0.39 is 0 Å². The first-order valence-corrected chi connectivity index (χ1v) is 2.98. The molecule has 0 aromatic carbocycles. The van der Waals surface area contributed by atoms with Crippen LogP contribution < -0.4 is 17.0 Å². The third-order valence-corrected chi connectivity index (χ3v) is 0.889.